The molecule has 0 spiro atoms. The Morgan fingerprint density at radius 1 is 1.07 bits per heavy atom. The van der Waals surface area contributed by atoms with Gasteiger partial charge in [-0.2, -0.15) is 0 Å². The van der Waals surface area contributed by atoms with Crippen LogP contribution in [0.4, 0.5) is 5.69 Å². The molecule has 2 aliphatic heterocycles. The Kier molecular flexibility index (Phi) is 5.67. The molecule has 28 heavy (non-hydrogen) atoms. The van der Waals surface area contributed by atoms with Crippen LogP contribution in [0.3, 0.4) is 0 Å². The van der Waals surface area contributed by atoms with Crippen LogP contribution in [-0.2, 0) is 11.3 Å². The molecule has 6 nitrogen and oxygen atoms in total. The highest BCUT2D eigenvalue weighted by molar-refractivity contribution is 6.03. The number of rotatable bonds is 6. The van der Waals surface area contributed by atoms with E-state index in [0.717, 1.165) is 18.4 Å². The highest BCUT2D eigenvalue weighted by Gasteiger charge is 2.34. The van der Waals surface area contributed by atoms with Crippen LogP contribution in [0.1, 0.15) is 48.0 Å². The van der Waals surface area contributed by atoms with Crippen LogP contribution in [0.5, 0.6) is 0 Å². The van der Waals surface area contributed by atoms with Gasteiger partial charge in [0.05, 0.1) is 11.3 Å². The van der Waals surface area contributed by atoms with Crippen LogP contribution in [0.15, 0.2) is 48.8 Å². The van der Waals surface area contributed by atoms with Crippen LogP contribution in [0.25, 0.3) is 0 Å². The molecule has 2 unspecified atom stereocenters. The van der Waals surface area contributed by atoms with Gasteiger partial charge in [-0.1, -0.05) is 18.2 Å². The Labute approximate surface area is 165 Å². The first-order chi connectivity index (χ1) is 13.7. The maximum atomic E-state index is 12.6. The molecule has 2 saturated heterocycles. The maximum absolute atomic E-state index is 12.6. The van der Waals surface area contributed by atoms with E-state index in [1.807, 2.05) is 18.2 Å². The lowest BCUT2D eigenvalue weighted by atomic mass is 9.89. The Morgan fingerprint density at radius 2 is 1.86 bits per heavy atom. The van der Waals surface area contributed by atoms with E-state index in [1.54, 1.807) is 30.6 Å². The molecule has 0 radical (unpaired) electrons. The number of amides is 2. The van der Waals surface area contributed by atoms with Gasteiger partial charge >= 0.3 is 0 Å². The van der Waals surface area contributed by atoms with Crippen LogP contribution < -0.4 is 16.0 Å². The van der Waals surface area contributed by atoms with Crippen molar-refractivity contribution in [1.82, 2.24) is 15.6 Å². The van der Waals surface area contributed by atoms with Crippen molar-refractivity contribution < 1.29 is 9.59 Å². The Morgan fingerprint density at radius 3 is 2.61 bits per heavy atom. The molecule has 1 aromatic carbocycles. The number of fused-ring (bicyclic) bond motifs is 2. The molecule has 2 aromatic rings. The molecule has 0 aliphatic carbocycles. The minimum absolute atomic E-state index is 0.0150. The zero-order chi connectivity index (χ0) is 19.3. The summed E-state index contributed by atoms with van der Waals surface area (Å²) < 4.78 is 0. The summed E-state index contributed by atoms with van der Waals surface area (Å²) in [6.07, 6.45) is 8.52. The van der Waals surface area contributed by atoms with E-state index in [9.17, 15) is 9.59 Å². The second-order valence-electron chi connectivity index (χ2n) is 7.82. The van der Waals surface area contributed by atoms with Crippen molar-refractivity contribution in [3.63, 3.8) is 0 Å². The molecule has 2 atom stereocenters. The highest BCUT2D eigenvalue weighted by atomic mass is 16.2. The molecule has 4 rings (SSSR count). The number of nitrogens with one attached hydrogen (secondary N) is 3. The quantitative estimate of drug-likeness (QED) is 0.722. The number of benzene rings is 1. The predicted molar refractivity (Wildman–Crippen MR) is 108 cm³/mol. The molecule has 0 saturated carbocycles. The number of anilines is 1. The topological polar surface area (TPSA) is 83.1 Å². The molecule has 3 N–H and O–H groups in total. The second-order valence-corrected chi connectivity index (χ2v) is 7.82. The summed E-state index contributed by atoms with van der Waals surface area (Å²) in [4.78, 5) is 29.3. The van der Waals surface area contributed by atoms with Crippen LogP contribution in [0, 0.1) is 5.92 Å². The monoisotopic (exact) mass is 378 g/mol. The first-order valence-electron chi connectivity index (χ1n) is 9.99. The Balaban J connectivity index is 1.35. The number of aromatic nitrogens is 1. The molecule has 146 valence electrons. The van der Waals surface area contributed by atoms with Gasteiger partial charge in [0.15, 0.2) is 0 Å². The summed E-state index contributed by atoms with van der Waals surface area (Å²) in [6.45, 7) is 0.396. The normalized spacial score (nSPS) is 23.2. The van der Waals surface area contributed by atoms with Crippen molar-refractivity contribution in [3.05, 3.63) is 59.9 Å². The fourth-order valence-corrected chi connectivity index (χ4v) is 4.38. The number of carbonyl (C=O) groups is 2. The Bertz CT molecular complexity index is 827. The molecular weight excluding hydrogens is 352 g/mol. The summed E-state index contributed by atoms with van der Waals surface area (Å²) in [6, 6.07) is 12.0. The van der Waals surface area contributed by atoms with E-state index in [1.165, 1.54) is 12.8 Å². The largest absolute Gasteiger partial charge is 0.348 e. The van der Waals surface area contributed by atoms with Crippen molar-refractivity contribution in [3.8, 4) is 0 Å². The van der Waals surface area contributed by atoms with Gasteiger partial charge in [0.1, 0.15) is 0 Å². The lowest BCUT2D eigenvalue weighted by molar-refractivity contribution is -0.117. The zero-order valence-corrected chi connectivity index (χ0v) is 15.9. The van der Waals surface area contributed by atoms with E-state index in [4.69, 9.17) is 0 Å². The summed E-state index contributed by atoms with van der Waals surface area (Å²) in [5.41, 5.74) is 1.97. The average Bonchev–Trinajstić information content (AvgIpc) is 3.05. The van der Waals surface area contributed by atoms with Gasteiger partial charge in [-0.25, -0.2) is 0 Å². The van der Waals surface area contributed by atoms with E-state index in [-0.39, 0.29) is 11.8 Å². The third-order valence-corrected chi connectivity index (χ3v) is 5.67. The molecule has 1 aromatic heterocycles. The third-order valence-electron chi connectivity index (χ3n) is 5.67. The number of para-hydroxylation sites is 1. The number of carbonyl (C=O) groups excluding carboxylic acids is 2. The first kappa shape index (κ1) is 18.6. The fraction of sp³-hybridized carbons (Fsp3) is 0.409. The number of piperidine rings is 1. The summed E-state index contributed by atoms with van der Waals surface area (Å²) in [5, 5.41) is 9.45. The smallest absolute Gasteiger partial charge is 0.253 e. The summed E-state index contributed by atoms with van der Waals surface area (Å²) >= 11 is 0. The van der Waals surface area contributed by atoms with Crippen molar-refractivity contribution in [1.29, 1.82) is 0 Å². The maximum Gasteiger partial charge on any atom is 0.253 e. The van der Waals surface area contributed by atoms with Gasteiger partial charge < -0.3 is 16.0 Å². The van der Waals surface area contributed by atoms with E-state index in [2.05, 4.69) is 20.9 Å². The molecule has 6 heteroatoms. The van der Waals surface area contributed by atoms with Crippen molar-refractivity contribution in [2.24, 2.45) is 5.92 Å². The number of hydrogen-bond donors (Lipinski definition) is 3. The minimum atomic E-state index is -0.209. The van der Waals surface area contributed by atoms with Gasteiger partial charge in [-0.05, 0) is 55.4 Å². The Hall–Kier alpha value is -2.73. The fourth-order valence-electron chi connectivity index (χ4n) is 4.38. The zero-order valence-electron chi connectivity index (χ0n) is 15.9. The van der Waals surface area contributed by atoms with Gasteiger partial charge in [0.2, 0.25) is 5.91 Å². The summed E-state index contributed by atoms with van der Waals surface area (Å²) in [5.74, 6) is 0.198. The van der Waals surface area contributed by atoms with Gasteiger partial charge in [-0.3, -0.25) is 14.6 Å². The minimum Gasteiger partial charge on any atom is -0.348 e. The number of hydrogen-bond acceptors (Lipinski definition) is 4. The predicted octanol–water partition coefficient (Wildman–Crippen LogP) is 2.87. The number of nitrogens with zero attached hydrogens (tertiary/aromatic N) is 1. The molecule has 3 heterocycles. The van der Waals surface area contributed by atoms with E-state index >= 15 is 0 Å². The average molecular weight is 378 g/mol. The molecular formula is C22H26N4O2. The molecule has 2 bridgehead atoms. The lowest BCUT2D eigenvalue weighted by Crippen LogP contribution is -2.39. The van der Waals surface area contributed by atoms with E-state index < -0.39 is 0 Å². The van der Waals surface area contributed by atoms with Crippen LogP contribution >= 0.6 is 0 Å². The van der Waals surface area contributed by atoms with E-state index in [0.29, 0.717) is 42.2 Å². The highest BCUT2D eigenvalue weighted by Crippen LogP contribution is 2.32. The number of pyridine rings is 1. The SMILES string of the molecule is O=C(CC1CC2CCC(C1)N2)Nc1ccccc1C(=O)NCc1cccnc1. The van der Waals surface area contributed by atoms with Crippen molar-refractivity contribution in [2.75, 3.05) is 5.32 Å². The standard InChI is InChI=1S/C22H26N4O2/c27-21(12-16-10-17-7-8-18(11-16)25-17)26-20-6-2-1-5-19(20)22(28)24-14-15-4-3-9-23-13-15/h1-6,9,13,16-18,25H,7-8,10-12,14H2,(H,24,28)(H,26,27). The summed E-state index contributed by atoms with van der Waals surface area (Å²) in [7, 11) is 0. The third kappa shape index (κ3) is 4.57. The van der Waals surface area contributed by atoms with Crippen molar-refractivity contribution >= 4 is 17.5 Å². The van der Waals surface area contributed by atoms with Gasteiger partial charge in [0.25, 0.3) is 5.91 Å². The lowest BCUT2D eigenvalue weighted by Gasteiger charge is -2.28. The molecule has 2 amide bonds. The van der Waals surface area contributed by atoms with Crippen molar-refractivity contribution in [2.45, 2.75) is 50.7 Å². The molecule has 2 fully saturated rings. The van der Waals surface area contributed by atoms with Crippen LogP contribution in [-0.4, -0.2) is 28.9 Å². The van der Waals surface area contributed by atoms with Gasteiger partial charge in [0, 0.05) is 37.4 Å². The molecule has 2 aliphatic rings. The van der Waals surface area contributed by atoms with Gasteiger partial charge in [-0.15, -0.1) is 0 Å². The second kappa shape index (κ2) is 8.52. The first-order valence-corrected chi connectivity index (χ1v) is 9.99. The van der Waals surface area contributed by atoms with Crippen LogP contribution in [0.2, 0.25) is 0 Å².